The van der Waals surface area contributed by atoms with Crippen LogP contribution in [-0.4, -0.2) is 12.2 Å². The van der Waals surface area contributed by atoms with Crippen LogP contribution in [0.3, 0.4) is 0 Å². The number of hydrogen-bond donors (Lipinski definition) is 1. The molecule has 7 rings (SSSR count). The Bertz CT molecular complexity index is 1180. The number of rotatable bonds is 1. The standard InChI is InChI=1S/C26H24O2/c1-28-17-7-8-19-20(12-17)22(27)13-21-24(19)18-5-3-2-4-15(18)10-11-25(21)23-9-6-16-14-26(16,23)25/h2-5,7-8,12-13,16,23,27H,6,9-11,14H2,1H3. The Labute approximate surface area is 165 Å². The second-order valence-corrected chi connectivity index (χ2v) is 9.43. The SMILES string of the molecule is COc1ccc2c3c(cc(O)c2c1)C1(CCc2ccccc2-3)C2CCC3CC321. The van der Waals surface area contributed by atoms with E-state index in [-0.39, 0.29) is 5.41 Å². The van der Waals surface area contributed by atoms with Gasteiger partial charge in [-0.05, 0) is 101 Å². The Balaban J connectivity index is 1.60. The molecule has 4 aliphatic rings. The minimum absolute atomic E-state index is 0.288. The zero-order chi connectivity index (χ0) is 18.7. The van der Waals surface area contributed by atoms with Gasteiger partial charge in [-0.2, -0.15) is 0 Å². The molecule has 0 radical (unpaired) electrons. The van der Waals surface area contributed by atoms with Crippen molar-refractivity contribution in [3.8, 4) is 22.6 Å². The van der Waals surface area contributed by atoms with Gasteiger partial charge in [0.2, 0.25) is 0 Å². The smallest absolute Gasteiger partial charge is 0.123 e. The number of ether oxygens (including phenoxy) is 1. The summed E-state index contributed by atoms with van der Waals surface area (Å²) in [7, 11) is 1.68. The van der Waals surface area contributed by atoms with E-state index in [0.717, 1.165) is 29.4 Å². The van der Waals surface area contributed by atoms with E-state index < -0.39 is 0 Å². The Morgan fingerprint density at radius 2 is 1.93 bits per heavy atom. The number of benzene rings is 3. The van der Waals surface area contributed by atoms with Crippen molar-refractivity contribution in [2.75, 3.05) is 7.11 Å². The zero-order valence-electron chi connectivity index (χ0n) is 16.2. The molecule has 3 fully saturated rings. The van der Waals surface area contributed by atoms with Crippen LogP contribution >= 0.6 is 0 Å². The van der Waals surface area contributed by atoms with Gasteiger partial charge in [0.25, 0.3) is 0 Å². The second kappa shape index (κ2) is 4.74. The van der Waals surface area contributed by atoms with Crippen molar-refractivity contribution in [2.24, 2.45) is 17.3 Å². The van der Waals surface area contributed by atoms with Crippen LogP contribution in [0, 0.1) is 17.3 Å². The molecule has 2 spiro atoms. The van der Waals surface area contributed by atoms with Gasteiger partial charge in [-0.1, -0.05) is 24.3 Å². The van der Waals surface area contributed by atoms with E-state index in [4.69, 9.17) is 4.74 Å². The highest BCUT2D eigenvalue weighted by Crippen LogP contribution is 2.93. The van der Waals surface area contributed by atoms with E-state index in [1.54, 1.807) is 7.11 Å². The van der Waals surface area contributed by atoms with E-state index in [2.05, 4.69) is 36.4 Å². The number of phenolic OH excluding ortho intramolecular Hbond substituents is 1. The fourth-order valence-corrected chi connectivity index (χ4v) is 7.72. The van der Waals surface area contributed by atoms with Crippen LogP contribution in [0.25, 0.3) is 21.9 Å². The lowest BCUT2D eigenvalue weighted by Gasteiger charge is -2.24. The predicted octanol–water partition coefficient (Wildman–Crippen LogP) is 5.83. The van der Waals surface area contributed by atoms with E-state index in [1.165, 1.54) is 53.3 Å². The van der Waals surface area contributed by atoms with E-state index in [0.29, 0.717) is 11.2 Å². The third-order valence-corrected chi connectivity index (χ3v) is 8.80. The van der Waals surface area contributed by atoms with Crippen molar-refractivity contribution < 1.29 is 9.84 Å². The summed E-state index contributed by atoms with van der Waals surface area (Å²) < 4.78 is 5.44. The molecule has 3 aromatic rings. The summed E-state index contributed by atoms with van der Waals surface area (Å²) in [5, 5.41) is 13.1. The highest BCUT2D eigenvalue weighted by molar-refractivity contribution is 6.04. The van der Waals surface area contributed by atoms with Crippen molar-refractivity contribution in [3.05, 3.63) is 59.7 Å². The molecule has 2 heteroatoms. The number of phenols is 1. The normalized spacial score (nSPS) is 33.6. The first-order valence-electron chi connectivity index (χ1n) is 10.6. The van der Waals surface area contributed by atoms with Gasteiger partial charge in [-0.3, -0.25) is 0 Å². The third kappa shape index (κ3) is 1.52. The van der Waals surface area contributed by atoms with Crippen LogP contribution < -0.4 is 4.74 Å². The number of aryl methyl sites for hydroxylation is 1. The number of hydrogen-bond acceptors (Lipinski definition) is 2. The van der Waals surface area contributed by atoms with Crippen LogP contribution in [0.4, 0.5) is 0 Å². The lowest BCUT2D eigenvalue weighted by atomic mass is 9.80. The Hall–Kier alpha value is -2.48. The lowest BCUT2D eigenvalue weighted by molar-refractivity contribution is 0.415. The van der Waals surface area contributed by atoms with Crippen molar-refractivity contribution in [2.45, 2.75) is 37.5 Å². The molecule has 3 saturated carbocycles. The first kappa shape index (κ1) is 15.4. The molecule has 0 bridgehead atoms. The molecule has 1 N–H and O–H groups in total. The van der Waals surface area contributed by atoms with E-state index in [9.17, 15) is 5.11 Å². The fraction of sp³-hybridized carbons (Fsp3) is 0.385. The quantitative estimate of drug-likeness (QED) is 0.585. The number of aromatic hydroxyl groups is 1. The third-order valence-electron chi connectivity index (χ3n) is 8.80. The number of fused-ring (bicyclic) bond motifs is 7. The van der Waals surface area contributed by atoms with Crippen LogP contribution in [-0.2, 0) is 11.8 Å². The summed E-state index contributed by atoms with van der Waals surface area (Å²) in [6.07, 6.45) is 6.59. The molecule has 4 unspecified atom stereocenters. The molecule has 0 amide bonds. The van der Waals surface area contributed by atoms with Gasteiger partial charge < -0.3 is 9.84 Å². The molecule has 4 aliphatic carbocycles. The molecule has 28 heavy (non-hydrogen) atoms. The first-order chi connectivity index (χ1) is 13.7. The van der Waals surface area contributed by atoms with Gasteiger partial charge in [0.15, 0.2) is 0 Å². The maximum absolute atomic E-state index is 11.1. The van der Waals surface area contributed by atoms with Crippen molar-refractivity contribution in [3.63, 3.8) is 0 Å². The fourth-order valence-electron chi connectivity index (χ4n) is 7.72. The summed E-state index contributed by atoms with van der Waals surface area (Å²) in [5.41, 5.74) is 6.47. The van der Waals surface area contributed by atoms with Crippen molar-refractivity contribution in [1.29, 1.82) is 0 Å². The lowest BCUT2D eigenvalue weighted by Crippen LogP contribution is -2.16. The van der Waals surface area contributed by atoms with Crippen LogP contribution in [0.1, 0.15) is 36.8 Å². The predicted molar refractivity (Wildman–Crippen MR) is 111 cm³/mol. The van der Waals surface area contributed by atoms with Gasteiger partial charge in [0, 0.05) is 10.8 Å². The van der Waals surface area contributed by atoms with Gasteiger partial charge in [-0.25, -0.2) is 0 Å². The number of methoxy groups -OCH3 is 1. The minimum Gasteiger partial charge on any atom is -0.507 e. The summed E-state index contributed by atoms with van der Waals surface area (Å²) in [6.45, 7) is 0. The maximum Gasteiger partial charge on any atom is 0.123 e. The van der Waals surface area contributed by atoms with E-state index >= 15 is 0 Å². The molecule has 4 atom stereocenters. The van der Waals surface area contributed by atoms with Crippen LogP contribution in [0.15, 0.2) is 48.5 Å². The van der Waals surface area contributed by atoms with Gasteiger partial charge in [-0.15, -0.1) is 0 Å². The van der Waals surface area contributed by atoms with Gasteiger partial charge in [0.1, 0.15) is 11.5 Å². The Morgan fingerprint density at radius 1 is 1.04 bits per heavy atom. The molecule has 2 nitrogen and oxygen atoms in total. The molecule has 0 aromatic heterocycles. The Morgan fingerprint density at radius 3 is 2.71 bits per heavy atom. The molecule has 0 aliphatic heterocycles. The molecule has 3 aromatic carbocycles. The monoisotopic (exact) mass is 368 g/mol. The minimum atomic E-state index is 0.288. The van der Waals surface area contributed by atoms with Crippen molar-refractivity contribution >= 4 is 10.8 Å². The van der Waals surface area contributed by atoms with Gasteiger partial charge in [0.05, 0.1) is 7.11 Å². The highest BCUT2D eigenvalue weighted by Gasteiger charge is 2.88. The van der Waals surface area contributed by atoms with Crippen molar-refractivity contribution in [1.82, 2.24) is 0 Å². The zero-order valence-corrected chi connectivity index (χ0v) is 16.2. The second-order valence-electron chi connectivity index (χ2n) is 9.43. The molecular weight excluding hydrogens is 344 g/mol. The topological polar surface area (TPSA) is 29.5 Å². The first-order valence-corrected chi connectivity index (χ1v) is 10.6. The summed E-state index contributed by atoms with van der Waals surface area (Å²) in [5.74, 6) is 2.96. The van der Waals surface area contributed by atoms with Crippen LogP contribution in [0.5, 0.6) is 11.5 Å². The Kier molecular flexibility index (Phi) is 2.61. The molecule has 0 saturated heterocycles. The average molecular weight is 368 g/mol. The maximum atomic E-state index is 11.1. The van der Waals surface area contributed by atoms with E-state index in [1.807, 2.05) is 12.1 Å². The largest absolute Gasteiger partial charge is 0.507 e. The molecule has 140 valence electrons. The van der Waals surface area contributed by atoms with Gasteiger partial charge >= 0.3 is 0 Å². The summed E-state index contributed by atoms with van der Waals surface area (Å²) in [6, 6.07) is 17.2. The van der Waals surface area contributed by atoms with Crippen LogP contribution in [0.2, 0.25) is 0 Å². The highest BCUT2D eigenvalue weighted by atomic mass is 16.5. The summed E-state index contributed by atoms with van der Waals surface area (Å²) in [4.78, 5) is 0. The average Bonchev–Trinajstić information content (AvgIpc) is 3.57. The molecular formula is C26H24O2. The molecule has 0 heterocycles. The summed E-state index contributed by atoms with van der Waals surface area (Å²) >= 11 is 0.